The van der Waals surface area contributed by atoms with Crippen molar-refractivity contribution in [2.24, 2.45) is 5.84 Å². The molecule has 0 spiro atoms. The SMILES string of the molecule is C/C(Cl)=c1/c(NN)nn(CC(F)(F)F)/c1=C(/C)[N+](=O)[O-]. The molecule has 3 N–H and O–H groups in total. The molecule has 1 aromatic heterocycles. The summed E-state index contributed by atoms with van der Waals surface area (Å²) in [5.41, 5.74) is 1.56. The molecule has 0 aliphatic heterocycles. The summed E-state index contributed by atoms with van der Waals surface area (Å²) < 4.78 is 38.0. The molecule has 112 valence electrons. The number of nitro groups is 1. The molecule has 0 atom stereocenters. The molecular weight excluding hydrogens is 303 g/mol. The topological polar surface area (TPSA) is 99.0 Å². The smallest absolute Gasteiger partial charge is 0.306 e. The number of nitrogens with one attached hydrogen (secondary N) is 1. The van der Waals surface area contributed by atoms with Crippen LogP contribution in [-0.4, -0.2) is 20.9 Å². The molecule has 0 bridgehead atoms. The van der Waals surface area contributed by atoms with Crippen LogP contribution in [0.2, 0.25) is 0 Å². The molecule has 0 aliphatic carbocycles. The number of nitrogen functional groups attached to an aromatic ring is 1. The number of rotatable bonds is 3. The summed E-state index contributed by atoms with van der Waals surface area (Å²) in [5.74, 6) is 4.98. The van der Waals surface area contributed by atoms with Crippen LogP contribution in [0.5, 0.6) is 0 Å². The monoisotopic (exact) mass is 313 g/mol. The van der Waals surface area contributed by atoms with Gasteiger partial charge >= 0.3 is 6.18 Å². The normalized spacial score (nSPS) is 14.9. The van der Waals surface area contributed by atoms with Crippen molar-refractivity contribution in [1.82, 2.24) is 9.78 Å². The summed E-state index contributed by atoms with van der Waals surface area (Å²) in [5, 5.41) is 14.1. The zero-order valence-corrected chi connectivity index (χ0v) is 11.2. The second-order valence-electron chi connectivity index (χ2n) is 3.87. The highest BCUT2D eigenvalue weighted by atomic mass is 35.5. The van der Waals surface area contributed by atoms with E-state index >= 15 is 0 Å². The third-order valence-corrected chi connectivity index (χ3v) is 2.57. The number of nitrogens with zero attached hydrogens (tertiary/aromatic N) is 3. The van der Waals surface area contributed by atoms with Gasteiger partial charge in [0.25, 0.3) is 5.70 Å². The summed E-state index contributed by atoms with van der Waals surface area (Å²) in [6, 6.07) is 0. The van der Waals surface area contributed by atoms with Crippen LogP contribution in [0.3, 0.4) is 0 Å². The number of aromatic nitrogens is 2. The van der Waals surface area contributed by atoms with Gasteiger partial charge in [-0.1, -0.05) is 11.6 Å². The fourth-order valence-electron chi connectivity index (χ4n) is 1.63. The van der Waals surface area contributed by atoms with Gasteiger partial charge in [0.15, 0.2) is 5.82 Å². The molecule has 0 aliphatic rings. The summed E-state index contributed by atoms with van der Waals surface area (Å²) >= 11 is 5.78. The maximum atomic E-state index is 12.5. The Kier molecular flexibility index (Phi) is 4.61. The van der Waals surface area contributed by atoms with E-state index in [9.17, 15) is 23.3 Å². The fourth-order valence-corrected chi connectivity index (χ4v) is 1.81. The van der Waals surface area contributed by atoms with Crippen LogP contribution in [-0.2, 0) is 6.54 Å². The van der Waals surface area contributed by atoms with Gasteiger partial charge in [0.2, 0.25) is 0 Å². The van der Waals surface area contributed by atoms with Gasteiger partial charge in [-0.2, -0.15) is 18.3 Å². The molecule has 0 amide bonds. The quantitative estimate of drug-likeness (QED) is 0.481. The van der Waals surface area contributed by atoms with Crippen molar-refractivity contribution in [3.63, 3.8) is 0 Å². The van der Waals surface area contributed by atoms with E-state index < -0.39 is 23.3 Å². The van der Waals surface area contributed by atoms with E-state index in [1.165, 1.54) is 6.92 Å². The van der Waals surface area contributed by atoms with Gasteiger partial charge in [-0.15, -0.1) is 0 Å². The molecule has 0 fully saturated rings. The number of hydrogen-bond donors (Lipinski definition) is 2. The van der Waals surface area contributed by atoms with Crippen LogP contribution in [0, 0.1) is 10.1 Å². The highest BCUT2D eigenvalue weighted by Gasteiger charge is 2.30. The lowest BCUT2D eigenvalue weighted by molar-refractivity contribution is -0.379. The Labute approximate surface area is 115 Å². The average molecular weight is 314 g/mol. The third-order valence-electron chi connectivity index (χ3n) is 2.38. The van der Waals surface area contributed by atoms with Crippen molar-refractivity contribution in [3.05, 3.63) is 20.7 Å². The van der Waals surface area contributed by atoms with E-state index in [2.05, 4.69) is 10.5 Å². The molecule has 7 nitrogen and oxygen atoms in total. The van der Waals surface area contributed by atoms with E-state index in [4.69, 9.17) is 17.4 Å². The molecule has 11 heteroatoms. The molecule has 0 radical (unpaired) electrons. The zero-order chi connectivity index (χ0) is 15.7. The lowest BCUT2D eigenvalue weighted by atomic mass is 10.3. The predicted octanol–water partition coefficient (Wildman–Crippen LogP) is 0.503. The Morgan fingerprint density at radius 1 is 1.55 bits per heavy atom. The van der Waals surface area contributed by atoms with Crippen LogP contribution in [0.25, 0.3) is 10.7 Å². The van der Waals surface area contributed by atoms with Gasteiger partial charge in [-0.25, -0.2) is 10.5 Å². The Balaban J connectivity index is 3.86. The predicted molar refractivity (Wildman–Crippen MR) is 66.4 cm³/mol. The highest BCUT2D eigenvalue weighted by molar-refractivity contribution is 6.44. The van der Waals surface area contributed by atoms with Crippen LogP contribution in [0.4, 0.5) is 19.0 Å². The van der Waals surface area contributed by atoms with Crippen LogP contribution in [0.15, 0.2) is 0 Å². The summed E-state index contributed by atoms with van der Waals surface area (Å²) in [6.07, 6.45) is -4.60. The van der Waals surface area contributed by atoms with Gasteiger partial charge in [-0.05, 0) is 6.92 Å². The minimum Gasteiger partial charge on any atom is -0.306 e. The minimum atomic E-state index is -4.60. The highest BCUT2D eigenvalue weighted by Crippen LogP contribution is 2.16. The van der Waals surface area contributed by atoms with E-state index in [-0.39, 0.29) is 21.4 Å². The number of alkyl halides is 3. The standard InChI is InChI=1S/C9H11ClF3N5O2/c1-4(10)6-7(5(2)18(19)20)17(3-9(11,12)13)16-8(6)15-14/h3,14H2,1-2H3,(H,15,16)/b6-4-,7-5-. The number of halogens is 4. The molecule has 1 aromatic rings. The number of hydrazine groups is 1. The largest absolute Gasteiger partial charge is 0.408 e. The minimum absolute atomic E-state index is 0.0302. The maximum Gasteiger partial charge on any atom is 0.408 e. The second-order valence-corrected chi connectivity index (χ2v) is 4.43. The van der Waals surface area contributed by atoms with E-state index in [1.54, 1.807) is 0 Å². The van der Waals surface area contributed by atoms with E-state index in [0.717, 1.165) is 6.92 Å². The molecule has 0 saturated carbocycles. The molecular formula is C9H11ClF3N5O2. The van der Waals surface area contributed by atoms with E-state index in [0.29, 0.717) is 4.68 Å². The molecule has 1 heterocycles. The third kappa shape index (κ3) is 3.39. The van der Waals surface area contributed by atoms with E-state index in [1.807, 2.05) is 0 Å². The van der Waals surface area contributed by atoms with Crippen molar-refractivity contribution in [2.75, 3.05) is 5.43 Å². The van der Waals surface area contributed by atoms with Gasteiger partial charge in [0.05, 0.1) is 10.1 Å². The second kappa shape index (κ2) is 5.67. The Morgan fingerprint density at radius 2 is 2.10 bits per heavy atom. The Morgan fingerprint density at radius 3 is 2.45 bits per heavy atom. The molecule has 0 saturated heterocycles. The average Bonchev–Trinajstić information content (AvgIpc) is 2.63. The van der Waals surface area contributed by atoms with Gasteiger partial charge in [0, 0.05) is 12.0 Å². The lowest BCUT2D eigenvalue weighted by Crippen LogP contribution is -2.37. The van der Waals surface area contributed by atoms with Crippen molar-refractivity contribution in [3.8, 4) is 0 Å². The number of nitrogens with two attached hydrogens (primary N) is 1. The number of hydrogen-bond acceptors (Lipinski definition) is 5. The first-order chi connectivity index (χ1) is 9.08. The van der Waals surface area contributed by atoms with Crippen LogP contribution < -0.4 is 21.8 Å². The summed E-state index contributed by atoms with van der Waals surface area (Å²) in [4.78, 5) is 10.0. The van der Waals surface area contributed by atoms with Gasteiger partial charge < -0.3 is 5.43 Å². The summed E-state index contributed by atoms with van der Waals surface area (Å²) in [7, 11) is 0. The molecule has 0 aromatic carbocycles. The van der Waals surface area contributed by atoms with Crippen molar-refractivity contribution in [1.29, 1.82) is 0 Å². The van der Waals surface area contributed by atoms with Crippen LogP contribution >= 0.6 is 11.6 Å². The van der Waals surface area contributed by atoms with Crippen molar-refractivity contribution in [2.45, 2.75) is 26.6 Å². The zero-order valence-electron chi connectivity index (χ0n) is 10.5. The maximum absolute atomic E-state index is 12.5. The first-order valence-electron chi connectivity index (χ1n) is 5.20. The molecule has 20 heavy (non-hydrogen) atoms. The van der Waals surface area contributed by atoms with Gasteiger partial charge in [0.1, 0.15) is 11.9 Å². The molecule has 1 rings (SSSR count). The first-order valence-corrected chi connectivity index (χ1v) is 5.58. The number of anilines is 1. The lowest BCUT2D eigenvalue weighted by Gasteiger charge is -2.06. The van der Waals surface area contributed by atoms with Crippen molar-refractivity contribution < 1.29 is 18.1 Å². The van der Waals surface area contributed by atoms with Crippen LogP contribution in [0.1, 0.15) is 13.8 Å². The van der Waals surface area contributed by atoms with Crippen molar-refractivity contribution >= 4 is 28.1 Å². The molecule has 0 unspecified atom stereocenters. The summed E-state index contributed by atoms with van der Waals surface area (Å²) in [6.45, 7) is 0.938. The Hall–Kier alpha value is -1.81. The van der Waals surface area contributed by atoms with Gasteiger partial charge in [-0.3, -0.25) is 10.1 Å². The first kappa shape index (κ1) is 16.2. The fraction of sp³-hybridized carbons (Fsp3) is 0.444. The Bertz CT molecular complexity index is 648.